The topological polar surface area (TPSA) is 9.23 Å². The average molecular weight is 270 g/mol. The fourth-order valence-corrected chi connectivity index (χ4v) is 1.06. The van der Waals surface area contributed by atoms with E-state index in [2.05, 4.69) is 6.08 Å². The molecule has 0 atom stereocenters. The van der Waals surface area contributed by atoms with E-state index >= 15 is 0 Å². The van der Waals surface area contributed by atoms with Crippen LogP contribution < -0.4 is 4.74 Å². The van der Waals surface area contributed by atoms with Gasteiger partial charge in [-0.1, -0.05) is 24.3 Å². The van der Waals surface area contributed by atoms with E-state index in [4.69, 9.17) is 4.74 Å². The van der Waals surface area contributed by atoms with Gasteiger partial charge in [-0.05, 0) is 12.1 Å². The number of rotatable bonds is 0. The molecule has 1 aromatic rings. The van der Waals surface area contributed by atoms with Gasteiger partial charge in [-0.25, -0.2) is 0 Å². The zero-order chi connectivity index (χ0) is 6.81. The minimum Gasteiger partial charge on any atom is -0.489 e. The summed E-state index contributed by atoms with van der Waals surface area (Å²) in [6, 6.07) is 8.03. The van der Waals surface area contributed by atoms with Crippen LogP contribution in [-0.2, 0) is 33.6 Å². The van der Waals surface area contributed by atoms with Crippen molar-refractivity contribution in [1.29, 1.82) is 0 Å². The van der Waals surface area contributed by atoms with Gasteiger partial charge in [-0.3, -0.25) is 0 Å². The van der Waals surface area contributed by atoms with Crippen molar-refractivity contribution in [3.8, 4) is 5.75 Å². The van der Waals surface area contributed by atoms with Crippen molar-refractivity contribution in [2.24, 2.45) is 0 Å². The Hall–Kier alpha value is -0.162. The summed E-state index contributed by atoms with van der Waals surface area (Å²) in [6.45, 7) is 0.705. The first-order valence-corrected chi connectivity index (χ1v) is 3.35. The number of ether oxygens (including phenoxy) is 1. The third-order valence-corrected chi connectivity index (χ3v) is 1.55. The van der Waals surface area contributed by atoms with Crippen molar-refractivity contribution in [1.82, 2.24) is 0 Å². The molecular formula is C10H8BFeNiO. The fraction of sp³-hybridized carbons (Fsp3) is 0.100. The van der Waals surface area contributed by atoms with E-state index in [1.165, 1.54) is 5.56 Å². The SMILES string of the molecule is C1=Cc2ccccc2OC1.[B].[C].[Fe].[Ni]. The van der Waals surface area contributed by atoms with Crippen LogP contribution in [0, 0.1) is 7.43 Å². The molecule has 0 unspecified atom stereocenters. The van der Waals surface area contributed by atoms with Gasteiger partial charge in [0.15, 0.2) is 0 Å². The molecule has 14 heavy (non-hydrogen) atoms. The number of fused-ring (bicyclic) bond motifs is 1. The van der Waals surface area contributed by atoms with Crippen LogP contribution in [0.4, 0.5) is 0 Å². The van der Waals surface area contributed by atoms with Crippen LogP contribution in [0.2, 0.25) is 0 Å². The minimum absolute atomic E-state index is 0. The molecule has 0 amide bonds. The molecule has 0 N–H and O–H groups in total. The molecule has 0 aliphatic carbocycles. The molecule has 2 rings (SSSR count). The maximum atomic E-state index is 5.34. The first kappa shape index (κ1) is 19.4. The summed E-state index contributed by atoms with van der Waals surface area (Å²) in [5.74, 6) is 0.991. The van der Waals surface area contributed by atoms with E-state index in [9.17, 15) is 0 Å². The van der Waals surface area contributed by atoms with Gasteiger partial charge in [0.25, 0.3) is 0 Å². The van der Waals surface area contributed by atoms with Crippen LogP contribution in [0.1, 0.15) is 5.56 Å². The molecule has 0 saturated heterocycles. The molecule has 7 radical (unpaired) electrons. The van der Waals surface area contributed by atoms with Crippen LogP contribution in [0.15, 0.2) is 30.3 Å². The molecule has 0 fully saturated rings. The van der Waals surface area contributed by atoms with Crippen molar-refractivity contribution in [2.45, 2.75) is 0 Å². The Balaban J connectivity index is -0.000000302. The van der Waals surface area contributed by atoms with Gasteiger partial charge >= 0.3 is 0 Å². The summed E-state index contributed by atoms with van der Waals surface area (Å²) in [5, 5.41) is 0. The molecule has 1 aromatic carbocycles. The van der Waals surface area contributed by atoms with E-state index in [1.807, 2.05) is 30.3 Å². The second-order valence-corrected chi connectivity index (χ2v) is 2.25. The van der Waals surface area contributed by atoms with E-state index in [0.29, 0.717) is 6.61 Å². The summed E-state index contributed by atoms with van der Waals surface area (Å²) >= 11 is 0. The molecule has 1 nitrogen and oxygen atoms in total. The van der Waals surface area contributed by atoms with Crippen molar-refractivity contribution < 1.29 is 38.3 Å². The van der Waals surface area contributed by atoms with Gasteiger partial charge in [0.05, 0.1) is 0 Å². The summed E-state index contributed by atoms with van der Waals surface area (Å²) in [6.07, 6.45) is 4.10. The second-order valence-electron chi connectivity index (χ2n) is 2.25. The average Bonchev–Trinajstić information content (AvgIpc) is 2.05. The fourth-order valence-electron chi connectivity index (χ4n) is 1.06. The van der Waals surface area contributed by atoms with Gasteiger partial charge in [-0.2, -0.15) is 0 Å². The van der Waals surface area contributed by atoms with E-state index in [1.54, 1.807) is 0 Å². The van der Waals surface area contributed by atoms with Gasteiger partial charge in [-0.15, -0.1) is 0 Å². The quantitative estimate of drug-likeness (QED) is 0.653. The third-order valence-electron chi connectivity index (χ3n) is 1.55. The largest absolute Gasteiger partial charge is 0.489 e. The van der Waals surface area contributed by atoms with Gasteiger partial charge in [0.2, 0.25) is 0 Å². The maximum Gasteiger partial charge on any atom is 0.126 e. The van der Waals surface area contributed by atoms with Gasteiger partial charge in [0.1, 0.15) is 12.4 Å². The van der Waals surface area contributed by atoms with Crippen LogP contribution >= 0.6 is 0 Å². The molecule has 1 aliphatic heterocycles. The zero-order valence-corrected chi connectivity index (χ0v) is 9.42. The third kappa shape index (κ3) is 4.37. The number of hydrogen-bond donors (Lipinski definition) is 0. The Morgan fingerprint density at radius 1 is 1.14 bits per heavy atom. The summed E-state index contributed by atoms with van der Waals surface area (Å²) in [4.78, 5) is 0. The number of benzene rings is 1. The summed E-state index contributed by atoms with van der Waals surface area (Å²) < 4.78 is 5.34. The Morgan fingerprint density at radius 2 is 1.79 bits per heavy atom. The maximum absolute atomic E-state index is 5.34. The van der Waals surface area contributed by atoms with Crippen molar-refractivity contribution in [3.63, 3.8) is 0 Å². The molecule has 0 bridgehead atoms. The molecule has 75 valence electrons. The predicted molar refractivity (Wildman–Crippen MR) is 50.0 cm³/mol. The zero-order valence-electron chi connectivity index (χ0n) is 7.33. The van der Waals surface area contributed by atoms with Crippen LogP contribution in [0.25, 0.3) is 6.08 Å². The Kier molecular flexibility index (Phi) is 13.0. The molecular weight excluding hydrogens is 261 g/mol. The van der Waals surface area contributed by atoms with Crippen LogP contribution in [0.5, 0.6) is 5.75 Å². The Bertz CT molecular complexity index is 279. The summed E-state index contributed by atoms with van der Waals surface area (Å²) in [7, 11) is 0. The molecule has 4 heteroatoms. The van der Waals surface area contributed by atoms with Crippen LogP contribution in [-0.4, -0.2) is 15.0 Å². The predicted octanol–water partition coefficient (Wildman–Crippen LogP) is 1.79. The van der Waals surface area contributed by atoms with Gasteiger partial charge < -0.3 is 4.74 Å². The van der Waals surface area contributed by atoms with Gasteiger partial charge in [0, 0.05) is 55.0 Å². The van der Waals surface area contributed by atoms with Crippen molar-refractivity contribution >= 4 is 14.5 Å². The van der Waals surface area contributed by atoms with Crippen LogP contribution in [0.3, 0.4) is 0 Å². The minimum atomic E-state index is 0. The number of para-hydroxylation sites is 1. The Labute approximate surface area is 108 Å². The second kappa shape index (κ2) is 9.40. The first-order valence-electron chi connectivity index (χ1n) is 3.35. The normalized spacial score (nSPS) is 10.0. The van der Waals surface area contributed by atoms with Crippen molar-refractivity contribution in [2.75, 3.05) is 6.61 Å². The van der Waals surface area contributed by atoms with E-state index < -0.39 is 0 Å². The molecule has 0 saturated carbocycles. The standard InChI is InChI=1S/C9H8O.C.B.Fe.Ni/c1-2-6-9-8(4-1)5-3-7-10-9;;;;/h1-6H,7H2;;;;. The molecule has 1 heterocycles. The van der Waals surface area contributed by atoms with E-state index in [-0.39, 0.29) is 49.4 Å². The first-order chi connectivity index (χ1) is 4.97. The smallest absolute Gasteiger partial charge is 0.126 e. The monoisotopic (exact) mass is 269 g/mol. The Morgan fingerprint density at radius 3 is 2.43 bits per heavy atom. The summed E-state index contributed by atoms with van der Waals surface area (Å²) in [5.41, 5.74) is 1.17. The molecule has 0 aromatic heterocycles. The molecule has 1 aliphatic rings. The van der Waals surface area contributed by atoms with Crippen molar-refractivity contribution in [3.05, 3.63) is 43.3 Å². The molecule has 0 spiro atoms. The van der Waals surface area contributed by atoms with E-state index in [0.717, 1.165) is 5.75 Å². The number of hydrogen-bond acceptors (Lipinski definition) is 1.